The zero-order valence-corrected chi connectivity index (χ0v) is 17.4. The van der Waals surface area contributed by atoms with Gasteiger partial charge in [0.15, 0.2) is 0 Å². The second-order valence-corrected chi connectivity index (χ2v) is 8.61. The van der Waals surface area contributed by atoms with Crippen LogP contribution in [0.15, 0.2) is 48.5 Å². The van der Waals surface area contributed by atoms with Crippen LogP contribution in [0.5, 0.6) is 5.75 Å². The van der Waals surface area contributed by atoms with Crippen LogP contribution in [0.2, 0.25) is 0 Å². The van der Waals surface area contributed by atoms with Crippen LogP contribution in [0.4, 0.5) is 0 Å². The van der Waals surface area contributed by atoms with Crippen LogP contribution in [0.3, 0.4) is 0 Å². The van der Waals surface area contributed by atoms with Gasteiger partial charge in [0.25, 0.3) is 5.91 Å². The SMILES string of the molecule is Cc1ccc(CNC(=O)c2ccc(OCCCN3CC4CCCC4C3)cc2)cc1. The van der Waals surface area contributed by atoms with Crippen LogP contribution < -0.4 is 10.1 Å². The van der Waals surface area contributed by atoms with Crippen molar-refractivity contribution in [2.75, 3.05) is 26.2 Å². The summed E-state index contributed by atoms with van der Waals surface area (Å²) < 4.78 is 5.88. The summed E-state index contributed by atoms with van der Waals surface area (Å²) in [6.45, 7) is 7.03. The highest BCUT2D eigenvalue weighted by atomic mass is 16.5. The summed E-state index contributed by atoms with van der Waals surface area (Å²) in [5.74, 6) is 2.69. The molecule has 2 aliphatic rings. The number of amides is 1. The van der Waals surface area contributed by atoms with Crippen molar-refractivity contribution in [2.45, 2.75) is 39.2 Å². The number of fused-ring (bicyclic) bond motifs is 1. The van der Waals surface area contributed by atoms with Crippen molar-refractivity contribution in [3.63, 3.8) is 0 Å². The number of rotatable bonds is 8. The van der Waals surface area contributed by atoms with Crippen LogP contribution in [0.1, 0.15) is 47.2 Å². The van der Waals surface area contributed by atoms with Crippen molar-refractivity contribution in [2.24, 2.45) is 11.8 Å². The Bertz CT molecular complexity index is 789. The van der Waals surface area contributed by atoms with E-state index in [1.807, 2.05) is 36.4 Å². The number of nitrogens with zero attached hydrogens (tertiary/aromatic N) is 1. The largest absolute Gasteiger partial charge is 0.494 e. The van der Waals surface area contributed by atoms with Crippen LogP contribution in [-0.4, -0.2) is 37.0 Å². The van der Waals surface area contributed by atoms with Crippen molar-refractivity contribution >= 4 is 5.91 Å². The minimum absolute atomic E-state index is 0.0586. The Morgan fingerprint density at radius 1 is 1.03 bits per heavy atom. The van der Waals surface area contributed by atoms with Crippen molar-refractivity contribution in [3.05, 3.63) is 65.2 Å². The number of carbonyl (C=O) groups excluding carboxylic acids is 1. The molecule has 2 atom stereocenters. The topological polar surface area (TPSA) is 41.6 Å². The van der Waals surface area contributed by atoms with Crippen LogP contribution in [-0.2, 0) is 6.54 Å². The predicted molar refractivity (Wildman–Crippen MR) is 116 cm³/mol. The van der Waals surface area contributed by atoms with Crippen molar-refractivity contribution < 1.29 is 9.53 Å². The summed E-state index contributed by atoms with van der Waals surface area (Å²) in [4.78, 5) is 14.9. The summed E-state index contributed by atoms with van der Waals surface area (Å²) in [5.41, 5.74) is 2.98. The molecule has 2 aromatic rings. The number of hydrogen-bond donors (Lipinski definition) is 1. The molecular formula is C25H32N2O2. The number of nitrogens with one attached hydrogen (secondary N) is 1. The van der Waals surface area contributed by atoms with E-state index in [1.54, 1.807) is 0 Å². The molecule has 29 heavy (non-hydrogen) atoms. The molecule has 1 aliphatic heterocycles. The van der Waals surface area contributed by atoms with Crippen LogP contribution in [0, 0.1) is 18.8 Å². The van der Waals surface area contributed by atoms with Gasteiger partial charge in [-0.05, 0) is 67.9 Å². The van der Waals surface area contributed by atoms with Crippen LogP contribution in [0.25, 0.3) is 0 Å². The fourth-order valence-corrected chi connectivity index (χ4v) is 4.69. The smallest absolute Gasteiger partial charge is 0.251 e. The molecule has 1 N–H and O–H groups in total. The highest BCUT2D eigenvalue weighted by Crippen LogP contribution is 2.37. The molecule has 0 bridgehead atoms. The molecule has 1 heterocycles. The number of likely N-dealkylation sites (tertiary alicyclic amines) is 1. The predicted octanol–water partition coefficient (Wildman–Crippen LogP) is 4.43. The van der Waals surface area contributed by atoms with Gasteiger partial charge in [0.1, 0.15) is 5.75 Å². The van der Waals surface area contributed by atoms with Crippen molar-refractivity contribution in [1.29, 1.82) is 0 Å². The van der Waals surface area contributed by atoms with Crippen molar-refractivity contribution in [1.82, 2.24) is 10.2 Å². The fourth-order valence-electron chi connectivity index (χ4n) is 4.69. The maximum Gasteiger partial charge on any atom is 0.251 e. The summed E-state index contributed by atoms with van der Waals surface area (Å²) in [5, 5.41) is 2.97. The summed E-state index contributed by atoms with van der Waals surface area (Å²) >= 11 is 0. The highest BCUT2D eigenvalue weighted by Gasteiger charge is 2.35. The van der Waals surface area contributed by atoms with Gasteiger partial charge in [0.2, 0.25) is 0 Å². The minimum Gasteiger partial charge on any atom is -0.494 e. The zero-order valence-electron chi connectivity index (χ0n) is 17.4. The van der Waals surface area contributed by atoms with Gasteiger partial charge in [-0.3, -0.25) is 4.79 Å². The van der Waals surface area contributed by atoms with E-state index >= 15 is 0 Å². The monoisotopic (exact) mass is 392 g/mol. The van der Waals surface area contributed by atoms with Gasteiger partial charge in [0.05, 0.1) is 6.61 Å². The third-order valence-corrected chi connectivity index (χ3v) is 6.38. The maximum atomic E-state index is 12.3. The average Bonchev–Trinajstić information content (AvgIpc) is 3.33. The Hall–Kier alpha value is -2.33. The molecule has 0 radical (unpaired) electrons. The van der Waals surface area contributed by atoms with Crippen molar-refractivity contribution in [3.8, 4) is 5.75 Å². The van der Waals surface area contributed by atoms with E-state index in [2.05, 4.69) is 29.3 Å². The molecule has 154 valence electrons. The Balaban J connectivity index is 1.16. The van der Waals surface area contributed by atoms with E-state index in [0.29, 0.717) is 12.1 Å². The van der Waals surface area contributed by atoms with E-state index < -0.39 is 0 Å². The molecule has 2 fully saturated rings. The van der Waals surface area contributed by atoms with E-state index in [9.17, 15) is 4.79 Å². The standard InChI is InChI=1S/C25H32N2O2/c1-19-6-8-20(9-7-19)16-26-25(28)21-10-12-24(13-11-21)29-15-3-14-27-17-22-4-2-5-23(22)18-27/h6-13,22-23H,2-5,14-18H2,1H3,(H,26,28). The number of benzene rings is 2. The van der Waals surface area contributed by atoms with E-state index in [0.717, 1.165) is 42.7 Å². The zero-order chi connectivity index (χ0) is 20.1. The van der Waals surface area contributed by atoms with Gasteiger partial charge in [-0.25, -0.2) is 0 Å². The first kappa shape index (κ1) is 20.0. The lowest BCUT2D eigenvalue weighted by atomic mass is 10.0. The lowest BCUT2D eigenvalue weighted by molar-refractivity contribution is 0.0951. The molecule has 2 unspecified atom stereocenters. The second kappa shape index (κ2) is 9.45. The molecule has 0 aromatic heterocycles. The molecule has 1 saturated carbocycles. The number of hydrogen-bond acceptors (Lipinski definition) is 3. The van der Waals surface area contributed by atoms with E-state index in [4.69, 9.17) is 4.74 Å². The van der Waals surface area contributed by atoms with Gasteiger partial charge in [-0.15, -0.1) is 0 Å². The summed E-state index contributed by atoms with van der Waals surface area (Å²) in [7, 11) is 0. The fraction of sp³-hybridized carbons (Fsp3) is 0.480. The van der Waals surface area contributed by atoms with Gasteiger partial charge >= 0.3 is 0 Å². The van der Waals surface area contributed by atoms with Gasteiger partial charge < -0.3 is 15.0 Å². The molecule has 2 aromatic carbocycles. The number of ether oxygens (including phenoxy) is 1. The molecule has 0 spiro atoms. The van der Waals surface area contributed by atoms with Gasteiger partial charge in [-0.1, -0.05) is 36.2 Å². The first-order chi connectivity index (χ1) is 14.2. The molecular weight excluding hydrogens is 360 g/mol. The second-order valence-electron chi connectivity index (χ2n) is 8.61. The third-order valence-electron chi connectivity index (χ3n) is 6.38. The van der Waals surface area contributed by atoms with Gasteiger partial charge in [-0.2, -0.15) is 0 Å². The quantitative estimate of drug-likeness (QED) is 0.676. The van der Waals surface area contributed by atoms with Crippen LogP contribution >= 0.6 is 0 Å². The molecule has 1 saturated heterocycles. The molecule has 4 nitrogen and oxygen atoms in total. The summed E-state index contributed by atoms with van der Waals surface area (Å²) in [6.07, 6.45) is 5.36. The molecule has 1 aliphatic carbocycles. The molecule has 1 amide bonds. The number of carbonyl (C=O) groups is 1. The Labute approximate surface area is 174 Å². The summed E-state index contributed by atoms with van der Waals surface area (Å²) in [6, 6.07) is 15.7. The third kappa shape index (κ3) is 5.39. The molecule has 4 rings (SSSR count). The first-order valence-electron chi connectivity index (χ1n) is 11.0. The lowest BCUT2D eigenvalue weighted by Crippen LogP contribution is -2.24. The number of aryl methyl sites for hydroxylation is 1. The Kier molecular flexibility index (Phi) is 6.50. The van der Waals surface area contributed by atoms with Gasteiger partial charge in [0, 0.05) is 31.7 Å². The van der Waals surface area contributed by atoms with E-state index in [-0.39, 0.29) is 5.91 Å². The molecule has 4 heteroatoms. The Morgan fingerprint density at radius 3 is 2.41 bits per heavy atom. The first-order valence-corrected chi connectivity index (χ1v) is 11.0. The minimum atomic E-state index is -0.0586. The maximum absolute atomic E-state index is 12.3. The average molecular weight is 393 g/mol. The normalized spacial score (nSPS) is 21.1. The lowest BCUT2D eigenvalue weighted by Gasteiger charge is -2.16. The Morgan fingerprint density at radius 2 is 1.72 bits per heavy atom. The highest BCUT2D eigenvalue weighted by molar-refractivity contribution is 5.94. The van der Waals surface area contributed by atoms with E-state index in [1.165, 1.54) is 37.9 Å².